The fourth-order valence-corrected chi connectivity index (χ4v) is 0.449. The molecular weight excluding hydrogens is 156 g/mol. The van der Waals surface area contributed by atoms with Crippen molar-refractivity contribution in [1.82, 2.24) is 5.43 Å². The Morgan fingerprint density at radius 1 is 1.70 bits per heavy atom. The number of carbonyl (C=O) groups is 1. The van der Waals surface area contributed by atoms with Crippen molar-refractivity contribution in [3.8, 4) is 0 Å². The molecule has 3 N–H and O–H groups in total. The molecule has 0 unspecified atom stereocenters. The van der Waals surface area contributed by atoms with E-state index in [1.54, 1.807) is 7.11 Å². The second-order valence-corrected chi connectivity index (χ2v) is 1.66. The van der Waals surface area contributed by atoms with Gasteiger partial charge in [-0.15, -0.1) is 12.4 Å². The zero-order valence-electron chi connectivity index (χ0n) is 5.92. The Morgan fingerprint density at radius 2 is 2.30 bits per heavy atom. The van der Waals surface area contributed by atoms with Crippen LogP contribution in [0.25, 0.3) is 0 Å². The molecule has 62 valence electrons. The van der Waals surface area contributed by atoms with E-state index >= 15 is 0 Å². The van der Waals surface area contributed by atoms with Crippen LogP contribution in [-0.4, -0.2) is 19.6 Å². The van der Waals surface area contributed by atoms with Crippen LogP contribution in [0.15, 0.2) is 0 Å². The molecular formula is C5H13ClN2O2. The maximum Gasteiger partial charge on any atom is 0.233 e. The third-order valence-corrected chi connectivity index (χ3v) is 0.913. The van der Waals surface area contributed by atoms with Gasteiger partial charge in [0.05, 0.1) is 0 Å². The molecule has 0 rings (SSSR count). The number of nitrogens with two attached hydrogens (primary N) is 1. The fourth-order valence-electron chi connectivity index (χ4n) is 0.449. The normalized spacial score (nSPS) is 8.20. The third-order valence-electron chi connectivity index (χ3n) is 0.913. The van der Waals surface area contributed by atoms with Crippen molar-refractivity contribution >= 4 is 18.3 Å². The van der Waals surface area contributed by atoms with E-state index in [4.69, 9.17) is 10.6 Å². The van der Waals surface area contributed by atoms with Crippen LogP contribution in [-0.2, 0) is 9.53 Å². The molecule has 4 nitrogen and oxygen atoms in total. The van der Waals surface area contributed by atoms with E-state index in [1.807, 2.05) is 5.43 Å². The Bertz CT molecular complexity index is 89.7. The molecule has 0 aliphatic carbocycles. The summed E-state index contributed by atoms with van der Waals surface area (Å²) in [6.07, 6.45) is 1.16. The first-order chi connectivity index (χ1) is 4.31. The van der Waals surface area contributed by atoms with E-state index in [0.717, 1.165) is 6.42 Å². The fraction of sp³-hybridized carbons (Fsp3) is 0.800. The number of hydrazine groups is 1. The van der Waals surface area contributed by atoms with E-state index < -0.39 is 0 Å². The highest BCUT2D eigenvalue weighted by Crippen LogP contribution is 1.86. The molecule has 0 heterocycles. The standard InChI is InChI=1S/C5H12N2O2.ClH/c1-9-4-2-3-5(8)7-6;/h2-4,6H2,1H3,(H,7,8);1H. The Labute approximate surface area is 66.5 Å². The van der Waals surface area contributed by atoms with Crippen LogP contribution in [0.4, 0.5) is 0 Å². The molecule has 0 aromatic rings. The maximum absolute atomic E-state index is 10.4. The van der Waals surface area contributed by atoms with Gasteiger partial charge in [-0.1, -0.05) is 0 Å². The van der Waals surface area contributed by atoms with Gasteiger partial charge in [0.25, 0.3) is 0 Å². The van der Waals surface area contributed by atoms with Crippen LogP contribution < -0.4 is 11.3 Å². The van der Waals surface area contributed by atoms with Gasteiger partial charge in [-0.05, 0) is 6.42 Å². The second-order valence-electron chi connectivity index (χ2n) is 1.66. The highest BCUT2D eigenvalue weighted by Gasteiger charge is 1.94. The lowest BCUT2D eigenvalue weighted by Crippen LogP contribution is -2.29. The minimum absolute atomic E-state index is 0. The van der Waals surface area contributed by atoms with E-state index in [0.29, 0.717) is 13.0 Å². The van der Waals surface area contributed by atoms with E-state index in [9.17, 15) is 4.79 Å². The van der Waals surface area contributed by atoms with Crippen LogP contribution in [0.3, 0.4) is 0 Å². The average molecular weight is 169 g/mol. The lowest BCUT2D eigenvalue weighted by atomic mass is 10.3. The van der Waals surface area contributed by atoms with Gasteiger partial charge in [0, 0.05) is 20.1 Å². The van der Waals surface area contributed by atoms with Gasteiger partial charge in [-0.25, -0.2) is 5.84 Å². The summed E-state index contributed by atoms with van der Waals surface area (Å²) in [7, 11) is 1.60. The second kappa shape index (κ2) is 8.68. The predicted molar refractivity (Wildman–Crippen MR) is 40.7 cm³/mol. The van der Waals surface area contributed by atoms with Crippen molar-refractivity contribution in [3.63, 3.8) is 0 Å². The van der Waals surface area contributed by atoms with E-state index in [-0.39, 0.29) is 18.3 Å². The third kappa shape index (κ3) is 7.68. The Balaban J connectivity index is 0. The van der Waals surface area contributed by atoms with Gasteiger partial charge in [-0.3, -0.25) is 10.2 Å². The number of nitrogens with one attached hydrogen (secondary N) is 1. The first-order valence-corrected chi connectivity index (χ1v) is 2.79. The number of hydrogen-bond acceptors (Lipinski definition) is 3. The van der Waals surface area contributed by atoms with Crippen LogP contribution in [0.5, 0.6) is 0 Å². The molecule has 0 spiro atoms. The van der Waals surface area contributed by atoms with E-state index in [1.165, 1.54) is 0 Å². The van der Waals surface area contributed by atoms with Gasteiger partial charge in [0.2, 0.25) is 5.91 Å². The molecule has 1 amide bonds. The molecule has 0 atom stereocenters. The maximum atomic E-state index is 10.4. The van der Waals surface area contributed by atoms with Crippen LogP contribution in [0.2, 0.25) is 0 Å². The molecule has 0 aromatic carbocycles. The topological polar surface area (TPSA) is 64.3 Å². The number of methoxy groups -OCH3 is 1. The van der Waals surface area contributed by atoms with Gasteiger partial charge in [0.1, 0.15) is 0 Å². The first-order valence-electron chi connectivity index (χ1n) is 2.79. The molecule has 0 saturated carbocycles. The van der Waals surface area contributed by atoms with Crippen LogP contribution >= 0.6 is 12.4 Å². The summed E-state index contributed by atoms with van der Waals surface area (Å²) in [4.78, 5) is 10.4. The van der Waals surface area contributed by atoms with Crippen molar-refractivity contribution < 1.29 is 9.53 Å². The first kappa shape index (κ1) is 12.4. The highest BCUT2D eigenvalue weighted by molar-refractivity contribution is 5.85. The summed E-state index contributed by atoms with van der Waals surface area (Å²) in [5, 5.41) is 0. The monoisotopic (exact) mass is 168 g/mol. The quantitative estimate of drug-likeness (QED) is 0.265. The van der Waals surface area contributed by atoms with Crippen molar-refractivity contribution in [3.05, 3.63) is 0 Å². The Hall–Kier alpha value is -0.320. The lowest BCUT2D eigenvalue weighted by molar-refractivity contribution is -0.121. The van der Waals surface area contributed by atoms with Crippen LogP contribution in [0, 0.1) is 0 Å². The van der Waals surface area contributed by atoms with E-state index in [2.05, 4.69) is 0 Å². The summed E-state index contributed by atoms with van der Waals surface area (Å²) in [6, 6.07) is 0. The summed E-state index contributed by atoms with van der Waals surface area (Å²) in [6.45, 7) is 0.605. The number of rotatable bonds is 4. The minimum Gasteiger partial charge on any atom is -0.385 e. The summed E-state index contributed by atoms with van der Waals surface area (Å²) >= 11 is 0. The minimum atomic E-state index is -0.146. The van der Waals surface area contributed by atoms with Gasteiger partial charge in [-0.2, -0.15) is 0 Å². The smallest absolute Gasteiger partial charge is 0.233 e. The van der Waals surface area contributed by atoms with Crippen molar-refractivity contribution in [1.29, 1.82) is 0 Å². The number of ether oxygens (including phenoxy) is 1. The van der Waals surface area contributed by atoms with Crippen molar-refractivity contribution in [2.45, 2.75) is 12.8 Å². The predicted octanol–water partition coefficient (Wildman–Crippen LogP) is -0.175. The zero-order chi connectivity index (χ0) is 7.11. The number of hydrogen-bond donors (Lipinski definition) is 2. The molecule has 0 saturated heterocycles. The number of amides is 1. The summed E-state index contributed by atoms with van der Waals surface area (Å²) in [5.41, 5.74) is 2.03. The highest BCUT2D eigenvalue weighted by atomic mass is 35.5. The Morgan fingerprint density at radius 3 is 2.70 bits per heavy atom. The van der Waals surface area contributed by atoms with Gasteiger partial charge < -0.3 is 4.74 Å². The zero-order valence-corrected chi connectivity index (χ0v) is 6.74. The van der Waals surface area contributed by atoms with Crippen molar-refractivity contribution in [2.75, 3.05) is 13.7 Å². The molecule has 0 aromatic heterocycles. The summed E-state index contributed by atoms with van der Waals surface area (Å²) < 4.78 is 4.72. The molecule has 5 heteroatoms. The molecule has 10 heavy (non-hydrogen) atoms. The molecule has 0 bridgehead atoms. The largest absolute Gasteiger partial charge is 0.385 e. The number of carbonyl (C=O) groups excluding carboxylic acids is 1. The van der Waals surface area contributed by atoms with Crippen molar-refractivity contribution in [2.24, 2.45) is 5.84 Å². The van der Waals surface area contributed by atoms with Gasteiger partial charge >= 0.3 is 0 Å². The van der Waals surface area contributed by atoms with Gasteiger partial charge in [0.15, 0.2) is 0 Å². The molecule has 0 radical (unpaired) electrons. The molecule has 0 aliphatic heterocycles. The number of halogens is 1. The Kier molecular flexibility index (Phi) is 10.7. The lowest BCUT2D eigenvalue weighted by Gasteiger charge is -1.96. The summed E-state index contributed by atoms with van der Waals surface area (Å²) in [5.74, 6) is 4.67. The molecule has 0 aliphatic rings. The SMILES string of the molecule is COCCCC(=O)NN.Cl. The van der Waals surface area contributed by atoms with Crippen LogP contribution in [0.1, 0.15) is 12.8 Å². The molecule has 0 fully saturated rings. The average Bonchev–Trinajstić information content (AvgIpc) is 1.89.